The molecule has 0 amide bonds. The number of hydrogen-bond donors (Lipinski definition) is 0. The molecule has 2 heterocycles. The summed E-state index contributed by atoms with van der Waals surface area (Å²) in [6.45, 7) is 3.32. The van der Waals surface area contributed by atoms with Crippen molar-refractivity contribution in [3.05, 3.63) is 29.6 Å². The summed E-state index contributed by atoms with van der Waals surface area (Å²) in [5, 5.41) is 0. The lowest BCUT2D eigenvalue weighted by molar-refractivity contribution is 0.317. The van der Waals surface area contributed by atoms with Crippen molar-refractivity contribution in [2.45, 2.75) is 25.8 Å². The van der Waals surface area contributed by atoms with Crippen LogP contribution in [0.15, 0.2) is 18.5 Å². The van der Waals surface area contributed by atoms with Gasteiger partial charge in [0, 0.05) is 18.4 Å². The molecule has 0 spiro atoms. The third kappa shape index (κ3) is 1.73. The minimum Gasteiger partial charge on any atom is -0.299 e. The molecule has 0 saturated carbocycles. The summed E-state index contributed by atoms with van der Waals surface area (Å²) in [5.41, 5.74) is 2.64. The number of hydrogen-bond acceptors (Lipinski definition) is 2. The van der Waals surface area contributed by atoms with E-state index in [4.69, 9.17) is 0 Å². The van der Waals surface area contributed by atoms with E-state index in [-0.39, 0.29) is 0 Å². The number of aryl methyl sites for hydroxylation is 1. The predicted molar refractivity (Wildman–Crippen MR) is 53.6 cm³/mol. The van der Waals surface area contributed by atoms with Gasteiger partial charge in [-0.05, 0) is 44.5 Å². The Hall–Kier alpha value is -0.890. The van der Waals surface area contributed by atoms with Crippen LogP contribution in [0, 0.1) is 6.92 Å². The van der Waals surface area contributed by atoms with E-state index in [1.165, 1.54) is 30.5 Å². The minimum absolute atomic E-state index is 0.604. The maximum Gasteiger partial charge on any atom is 0.0360 e. The molecule has 1 saturated heterocycles. The molecule has 2 nitrogen and oxygen atoms in total. The fourth-order valence-corrected chi connectivity index (χ4v) is 2.09. The third-order valence-electron chi connectivity index (χ3n) is 2.80. The topological polar surface area (TPSA) is 16.1 Å². The lowest BCUT2D eigenvalue weighted by Crippen LogP contribution is -2.17. The molecule has 2 heteroatoms. The molecule has 1 aromatic rings. The van der Waals surface area contributed by atoms with Crippen LogP contribution >= 0.6 is 0 Å². The van der Waals surface area contributed by atoms with Crippen LogP contribution in [0.25, 0.3) is 0 Å². The van der Waals surface area contributed by atoms with Crippen LogP contribution in [-0.4, -0.2) is 23.5 Å². The first-order chi connectivity index (χ1) is 6.27. The predicted octanol–water partition coefficient (Wildman–Crippen LogP) is 2.16. The summed E-state index contributed by atoms with van der Waals surface area (Å²) in [7, 11) is 2.19. The molecule has 1 fully saturated rings. The highest BCUT2D eigenvalue weighted by molar-refractivity contribution is 5.20. The van der Waals surface area contributed by atoms with E-state index < -0.39 is 0 Å². The van der Waals surface area contributed by atoms with E-state index in [1.807, 2.05) is 12.4 Å². The normalized spacial score (nSPS) is 23.7. The first-order valence-electron chi connectivity index (χ1n) is 4.89. The SMILES string of the molecule is Cc1cncc([C@@H]2CCCN2C)c1. The van der Waals surface area contributed by atoms with E-state index in [9.17, 15) is 0 Å². The van der Waals surface area contributed by atoms with Crippen molar-refractivity contribution in [3.8, 4) is 0 Å². The van der Waals surface area contributed by atoms with Gasteiger partial charge in [-0.25, -0.2) is 0 Å². The largest absolute Gasteiger partial charge is 0.299 e. The standard InChI is InChI=1S/C11H16N2/c1-9-6-10(8-12-7-9)11-4-3-5-13(11)2/h6-8,11H,3-5H2,1-2H3/t11-/m0/s1. The van der Waals surface area contributed by atoms with Gasteiger partial charge in [-0.1, -0.05) is 6.07 Å². The summed E-state index contributed by atoms with van der Waals surface area (Å²) >= 11 is 0. The monoisotopic (exact) mass is 176 g/mol. The van der Waals surface area contributed by atoms with Gasteiger partial charge in [-0.2, -0.15) is 0 Å². The maximum atomic E-state index is 4.24. The summed E-state index contributed by atoms with van der Waals surface area (Å²) < 4.78 is 0. The molecule has 0 aliphatic carbocycles. The fourth-order valence-electron chi connectivity index (χ4n) is 2.09. The first-order valence-corrected chi connectivity index (χ1v) is 4.89. The smallest absolute Gasteiger partial charge is 0.0360 e. The Kier molecular flexibility index (Phi) is 2.32. The molecule has 1 atom stereocenters. The second-order valence-corrected chi connectivity index (χ2v) is 3.93. The molecule has 1 aliphatic heterocycles. The van der Waals surface area contributed by atoms with Gasteiger partial charge in [0.2, 0.25) is 0 Å². The van der Waals surface area contributed by atoms with Crippen LogP contribution in [0.5, 0.6) is 0 Å². The Morgan fingerprint density at radius 1 is 1.46 bits per heavy atom. The second kappa shape index (κ2) is 3.46. The highest BCUT2D eigenvalue weighted by Crippen LogP contribution is 2.29. The van der Waals surface area contributed by atoms with Crippen molar-refractivity contribution in [2.75, 3.05) is 13.6 Å². The average Bonchev–Trinajstić information content (AvgIpc) is 2.51. The zero-order chi connectivity index (χ0) is 9.26. The Morgan fingerprint density at radius 3 is 2.92 bits per heavy atom. The van der Waals surface area contributed by atoms with Crippen LogP contribution < -0.4 is 0 Å². The molecule has 1 aliphatic rings. The Morgan fingerprint density at radius 2 is 2.31 bits per heavy atom. The number of rotatable bonds is 1. The van der Waals surface area contributed by atoms with E-state index in [0.717, 1.165) is 0 Å². The number of pyridine rings is 1. The Balaban J connectivity index is 2.24. The van der Waals surface area contributed by atoms with Gasteiger partial charge in [-0.15, -0.1) is 0 Å². The van der Waals surface area contributed by atoms with Crippen molar-refractivity contribution < 1.29 is 0 Å². The lowest BCUT2D eigenvalue weighted by atomic mass is 10.1. The van der Waals surface area contributed by atoms with Gasteiger partial charge in [0.05, 0.1) is 0 Å². The number of nitrogens with zero attached hydrogens (tertiary/aromatic N) is 2. The van der Waals surface area contributed by atoms with E-state index in [1.54, 1.807) is 0 Å². The summed E-state index contributed by atoms with van der Waals surface area (Å²) in [4.78, 5) is 6.65. The molecular formula is C11H16N2. The molecule has 13 heavy (non-hydrogen) atoms. The van der Waals surface area contributed by atoms with Crippen LogP contribution in [0.3, 0.4) is 0 Å². The molecule has 0 bridgehead atoms. The third-order valence-corrected chi connectivity index (χ3v) is 2.80. The van der Waals surface area contributed by atoms with Crippen LogP contribution in [0.1, 0.15) is 30.0 Å². The molecule has 0 radical (unpaired) electrons. The van der Waals surface area contributed by atoms with Gasteiger partial charge >= 0.3 is 0 Å². The molecule has 70 valence electrons. The zero-order valence-electron chi connectivity index (χ0n) is 8.33. The van der Waals surface area contributed by atoms with Gasteiger partial charge in [0.1, 0.15) is 0 Å². The lowest BCUT2D eigenvalue weighted by Gasteiger charge is -2.19. The van der Waals surface area contributed by atoms with Crippen molar-refractivity contribution in [1.82, 2.24) is 9.88 Å². The maximum absolute atomic E-state index is 4.24. The van der Waals surface area contributed by atoms with Gasteiger partial charge in [0.25, 0.3) is 0 Å². The Labute approximate surface area is 79.6 Å². The quantitative estimate of drug-likeness (QED) is 0.652. The van der Waals surface area contributed by atoms with Gasteiger partial charge in [-0.3, -0.25) is 9.88 Å². The highest BCUT2D eigenvalue weighted by Gasteiger charge is 2.22. The number of aromatic nitrogens is 1. The molecule has 0 aromatic carbocycles. The fraction of sp³-hybridized carbons (Fsp3) is 0.545. The van der Waals surface area contributed by atoms with Crippen molar-refractivity contribution in [3.63, 3.8) is 0 Å². The van der Waals surface area contributed by atoms with Crippen LogP contribution in [-0.2, 0) is 0 Å². The molecule has 1 aromatic heterocycles. The minimum atomic E-state index is 0.604. The zero-order valence-corrected chi connectivity index (χ0v) is 8.33. The Bertz CT molecular complexity index is 296. The molecule has 0 N–H and O–H groups in total. The molecule has 2 rings (SSSR count). The summed E-state index contributed by atoms with van der Waals surface area (Å²) in [5.74, 6) is 0. The van der Waals surface area contributed by atoms with Crippen LogP contribution in [0.2, 0.25) is 0 Å². The second-order valence-electron chi connectivity index (χ2n) is 3.93. The molecule has 0 unspecified atom stereocenters. The van der Waals surface area contributed by atoms with Crippen molar-refractivity contribution in [1.29, 1.82) is 0 Å². The van der Waals surface area contributed by atoms with Gasteiger partial charge in [0.15, 0.2) is 0 Å². The summed E-state index contributed by atoms with van der Waals surface area (Å²) in [6, 6.07) is 2.85. The van der Waals surface area contributed by atoms with E-state index >= 15 is 0 Å². The molecular weight excluding hydrogens is 160 g/mol. The van der Waals surface area contributed by atoms with Crippen molar-refractivity contribution in [2.24, 2.45) is 0 Å². The van der Waals surface area contributed by atoms with Gasteiger partial charge < -0.3 is 0 Å². The number of likely N-dealkylation sites (tertiary alicyclic amines) is 1. The van der Waals surface area contributed by atoms with E-state index in [2.05, 4.69) is 29.9 Å². The van der Waals surface area contributed by atoms with Crippen molar-refractivity contribution >= 4 is 0 Å². The van der Waals surface area contributed by atoms with E-state index in [0.29, 0.717) is 6.04 Å². The van der Waals surface area contributed by atoms with Crippen LogP contribution in [0.4, 0.5) is 0 Å². The average molecular weight is 176 g/mol. The first kappa shape index (κ1) is 8.70. The highest BCUT2D eigenvalue weighted by atomic mass is 15.1. The summed E-state index contributed by atoms with van der Waals surface area (Å²) in [6.07, 6.45) is 6.51.